The molecule has 3 N–H and O–H groups in total. The van der Waals surface area contributed by atoms with Crippen LogP contribution in [0.5, 0.6) is 11.5 Å². The quantitative estimate of drug-likeness (QED) is 0.626. The first-order valence-electron chi connectivity index (χ1n) is 9.59. The van der Waals surface area contributed by atoms with Gasteiger partial charge < -0.3 is 25.2 Å². The molecular formula is C19H23N5O5. The summed E-state index contributed by atoms with van der Waals surface area (Å²) in [5, 5.41) is 20.2. The van der Waals surface area contributed by atoms with Crippen LogP contribution in [0.3, 0.4) is 0 Å². The number of aromatic nitrogens is 3. The highest BCUT2D eigenvalue weighted by atomic mass is 16.7. The van der Waals surface area contributed by atoms with Gasteiger partial charge in [0.15, 0.2) is 11.5 Å². The highest BCUT2D eigenvalue weighted by Crippen LogP contribution is 2.32. The molecule has 0 spiro atoms. The van der Waals surface area contributed by atoms with Crippen LogP contribution in [-0.2, 0) is 11.3 Å². The minimum atomic E-state index is -0.784. The lowest BCUT2D eigenvalue weighted by atomic mass is 9.83. The van der Waals surface area contributed by atoms with Crippen LogP contribution in [0.15, 0.2) is 30.9 Å². The third kappa shape index (κ3) is 4.48. The molecule has 154 valence electrons. The molecule has 2 aliphatic rings. The van der Waals surface area contributed by atoms with Gasteiger partial charge in [-0.05, 0) is 37.5 Å². The second-order valence-corrected chi connectivity index (χ2v) is 7.17. The van der Waals surface area contributed by atoms with Crippen molar-refractivity contribution in [3.8, 4) is 11.5 Å². The molecule has 1 aromatic heterocycles. The summed E-state index contributed by atoms with van der Waals surface area (Å²) in [5.74, 6) is 0.480. The summed E-state index contributed by atoms with van der Waals surface area (Å²) in [4.78, 5) is 28.7. The summed E-state index contributed by atoms with van der Waals surface area (Å²) in [7, 11) is 0. The van der Waals surface area contributed by atoms with Gasteiger partial charge in [0.05, 0.1) is 18.7 Å². The Morgan fingerprint density at radius 3 is 2.90 bits per heavy atom. The van der Waals surface area contributed by atoms with Gasteiger partial charge in [-0.2, -0.15) is 5.10 Å². The first-order chi connectivity index (χ1) is 14.1. The molecule has 2 heterocycles. The van der Waals surface area contributed by atoms with Crippen molar-refractivity contribution in [1.82, 2.24) is 25.4 Å². The highest BCUT2D eigenvalue weighted by molar-refractivity contribution is 5.95. The molecule has 10 heteroatoms. The molecule has 1 aromatic carbocycles. The number of carbonyl (C=O) groups excluding carboxylic acids is 2. The Kier molecular flexibility index (Phi) is 5.61. The molecule has 1 saturated carbocycles. The van der Waals surface area contributed by atoms with Crippen molar-refractivity contribution < 1.29 is 24.2 Å². The monoisotopic (exact) mass is 401 g/mol. The lowest BCUT2D eigenvalue weighted by Gasteiger charge is -2.33. The molecule has 0 saturated heterocycles. The van der Waals surface area contributed by atoms with Crippen LogP contribution in [0.25, 0.3) is 0 Å². The summed E-state index contributed by atoms with van der Waals surface area (Å²) >= 11 is 0. The number of ether oxygens (including phenoxy) is 2. The zero-order valence-corrected chi connectivity index (χ0v) is 15.8. The molecule has 1 aliphatic carbocycles. The first kappa shape index (κ1) is 19.2. The van der Waals surface area contributed by atoms with Gasteiger partial charge in [-0.1, -0.05) is 0 Å². The maximum atomic E-state index is 12.5. The average molecular weight is 401 g/mol. The number of hydrogen-bond donors (Lipinski definition) is 3. The van der Waals surface area contributed by atoms with E-state index in [9.17, 15) is 14.7 Å². The van der Waals surface area contributed by atoms with Gasteiger partial charge in [-0.3, -0.25) is 14.3 Å². The Hall–Kier alpha value is -3.14. The van der Waals surface area contributed by atoms with E-state index in [1.165, 1.54) is 6.33 Å². The van der Waals surface area contributed by atoms with Crippen LogP contribution < -0.4 is 20.1 Å². The van der Waals surface area contributed by atoms with Crippen molar-refractivity contribution >= 4 is 11.8 Å². The number of amides is 2. The van der Waals surface area contributed by atoms with Crippen molar-refractivity contribution in [2.45, 2.75) is 38.0 Å². The number of aliphatic hydroxyl groups is 1. The largest absolute Gasteiger partial charge is 0.454 e. The Labute approximate surface area is 167 Å². The van der Waals surface area contributed by atoms with Gasteiger partial charge in [-0.15, -0.1) is 0 Å². The topological polar surface area (TPSA) is 128 Å². The van der Waals surface area contributed by atoms with Gasteiger partial charge in [0.2, 0.25) is 12.7 Å². The average Bonchev–Trinajstić information content (AvgIpc) is 3.40. The van der Waals surface area contributed by atoms with E-state index in [-0.39, 0.29) is 24.5 Å². The molecule has 2 amide bonds. The highest BCUT2D eigenvalue weighted by Gasteiger charge is 2.33. The van der Waals surface area contributed by atoms with E-state index in [1.807, 2.05) is 0 Å². The third-order valence-electron chi connectivity index (χ3n) is 5.25. The zero-order valence-electron chi connectivity index (χ0n) is 15.8. The number of rotatable bonds is 6. The number of nitrogens with zero attached hydrogens (tertiary/aromatic N) is 3. The standard InChI is InChI=1S/C19H23N5O5/c25-15-7-12(18(26)21-5-6-24-10-20-9-22-24)1-3-14(15)23-19(27)13-2-4-16-17(8-13)29-11-28-16/h2,4,8-10,12,14-15,25H,1,3,5-7,11H2,(H,21,26)(H,23,27)/t12-,14-,15-/m0/s1. The predicted octanol–water partition coefficient (Wildman–Crippen LogP) is 0.0826. The van der Waals surface area contributed by atoms with Gasteiger partial charge in [0.25, 0.3) is 5.91 Å². The molecule has 0 bridgehead atoms. The van der Waals surface area contributed by atoms with Gasteiger partial charge in [0, 0.05) is 18.0 Å². The lowest BCUT2D eigenvalue weighted by Crippen LogP contribution is -2.49. The number of carbonyl (C=O) groups is 2. The summed E-state index contributed by atoms with van der Waals surface area (Å²) in [6, 6.07) is 4.57. The smallest absolute Gasteiger partial charge is 0.251 e. The summed E-state index contributed by atoms with van der Waals surface area (Å²) < 4.78 is 12.2. The van der Waals surface area contributed by atoms with Crippen molar-refractivity contribution in [2.24, 2.45) is 5.92 Å². The summed E-state index contributed by atoms with van der Waals surface area (Å²) in [6.07, 6.45) is 3.67. The normalized spacial score (nSPS) is 22.9. The number of aliphatic hydroxyl groups excluding tert-OH is 1. The van der Waals surface area contributed by atoms with E-state index < -0.39 is 12.1 Å². The van der Waals surface area contributed by atoms with Crippen LogP contribution in [0.4, 0.5) is 0 Å². The molecule has 2 aromatic rings. The zero-order chi connectivity index (χ0) is 20.2. The van der Waals surface area contributed by atoms with Crippen LogP contribution >= 0.6 is 0 Å². The van der Waals surface area contributed by atoms with Crippen LogP contribution in [0, 0.1) is 5.92 Å². The van der Waals surface area contributed by atoms with Crippen LogP contribution in [0.2, 0.25) is 0 Å². The van der Waals surface area contributed by atoms with Gasteiger partial charge in [-0.25, -0.2) is 4.98 Å². The summed E-state index contributed by atoms with van der Waals surface area (Å²) in [6.45, 7) is 1.12. The van der Waals surface area contributed by atoms with Gasteiger partial charge >= 0.3 is 0 Å². The minimum Gasteiger partial charge on any atom is -0.454 e. The minimum absolute atomic E-state index is 0.0929. The maximum absolute atomic E-state index is 12.5. The van der Waals surface area contributed by atoms with Crippen molar-refractivity contribution in [2.75, 3.05) is 13.3 Å². The van der Waals surface area contributed by atoms with E-state index >= 15 is 0 Å². The van der Waals surface area contributed by atoms with E-state index in [0.717, 1.165) is 0 Å². The first-order valence-corrected chi connectivity index (χ1v) is 9.59. The SMILES string of the molecule is O=C(N[C@H]1CC[C@H](C(=O)NCCn2cncn2)C[C@@H]1O)c1ccc2c(c1)OCO2. The molecule has 29 heavy (non-hydrogen) atoms. The van der Waals surface area contributed by atoms with E-state index in [1.54, 1.807) is 29.2 Å². The predicted molar refractivity (Wildman–Crippen MR) is 100 cm³/mol. The van der Waals surface area contributed by atoms with Crippen molar-refractivity contribution in [3.63, 3.8) is 0 Å². The summed E-state index contributed by atoms with van der Waals surface area (Å²) in [5.41, 5.74) is 0.439. The fraction of sp³-hybridized carbons (Fsp3) is 0.474. The number of nitrogens with one attached hydrogen (secondary N) is 2. The third-order valence-corrected chi connectivity index (χ3v) is 5.25. The van der Waals surface area contributed by atoms with E-state index in [0.29, 0.717) is 49.4 Å². The van der Waals surface area contributed by atoms with E-state index in [2.05, 4.69) is 20.7 Å². The Morgan fingerprint density at radius 2 is 2.10 bits per heavy atom. The van der Waals surface area contributed by atoms with Crippen molar-refractivity contribution in [3.05, 3.63) is 36.4 Å². The molecule has 10 nitrogen and oxygen atoms in total. The van der Waals surface area contributed by atoms with E-state index in [4.69, 9.17) is 9.47 Å². The van der Waals surface area contributed by atoms with Crippen LogP contribution in [0.1, 0.15) is 29.6 Å². The lowest BCUT2D eigenvalue weighted by molar-refractivity contribution is -0.127. The number of fused-ring (bicyclic) bond motifs is 1. The second kappa shape index (κ2) is 8.48. The molecular weight excluding hydrogens is 378 g/mol. The molecule has 0 unspecified atom stereocenters. The Bertz CT molecular complexity index is 872. The van der Waals surface area contributed by atoms with Gasteiger partial charge in [0.1, 0.15) is 12.7 Å². The molecule has 4 rings (SSSR count). The Morgan fingerprint density at radius 1 is 1.24 bits per heavy atom. The molecule has 1 fully saturated rings. The molecule has 1 aliphatic heterocycles. The van der Waals surface area contributed by atoms with Crippen molar-refractivity contribution in [1.29, 1.82) is 0 Å². The fourth-order valence-electron chi connectivity index (χ4n) is 3.63. The molecule has 3 atom stereocenters. The molecule has 0 radical (unpaired) electrons. The second-order valence-electron chi connectivity index (χ2n) is 7.17. The maximum Gasteiger partial charge on any atom is 0.251 e. The number of benzene rings is 1. The Balaban J connectivity index is 1.25. The number of hydrogen-bond acceptors (Lipinski definition) is 7. The van der Waals surface area contributed by atoms with Crippen LogP contribution in [-0.4, -0.2) is 57.2 Å². The fourth-order valence-corrected chi connectivity index (χ4v) is 3.63.